The highest BCUT2D eigenvalue weighted by Crippen LogP contribution is 2.42. The van der Waals surface area contributed by atoms with E-state index in [0.29, 0.717) is 32.3 Å². The summed E-state index contributed by atoms with van der Waals surface area (Å²) in [6, 6.07) is 11.4. The first-order valence-corrected chi connectivity index (χ1v) is 9.04. The van der Waals surface area contributed by atoms with Crippen LogP contribution in [0.1, 0.15) is 0 Å². The fourth-order valence-electron chi connectivity index (χ4n) is 3.04. The van der Waals surface area contributed by atoms with Crippen molar-refractivity contribution >= 4 is 34.2 Å². The van der Waals surface area contributed by atoms with E-state index < -0.39 is 0 Å². The molecule has 28 heavy (non-hydrogen) atoms. The van der Waals surface area contributed by atoms with Gasteiger partial charge in [0.1, 0.15) is 11.2 Å². The molecule has 0 saturated carbocycles. The number of hydrogen-bond acceptors (Lipinski definition) is 6. The van der Waals surface area contributed by atoms with E-state index in [1.807, 2.05) is 37.4 Å². The van der Waals surface area contributed by atoms with Crippen LogP contribution < -0.4 is 9.47 Å². The van der Waals surface area contributed by atoms with E-state index in [9.17, 15) is 0 Å². The zero-order valence-corrected chi connectivity index (χ0v) is 16.8. The Kier molecular flexibility index (Phi) is 4.78. The van der Waals surface area contributed by atoms with Crippen molar-refractivity contribution in [2.75, 3.05) is 14.2 Å². The molecule has 0 aliphatic carbocycles. The summed E-state index contributed by atoms with van der Waals surface area (Å²) in [6.45, 7) is 0. The lowest BCUT2D eigenvalue weighted by atomic mass is 10.0. The Morgan fingerprint density at radius 1 is 0.964 bits per heavy atom. The molecule has 0 fully saturated rings. The second-order valence-electron chi connectivity index (χ2n) is 5.93. The lowest BCUT2D eigenvalue weighted by molar-refractivity contribution is 0.334. The standard InChI is InChI=1S/C19H15Cl2N5O2/c1-26-17(10-7-5-4-6-8-10)16(24-25-26)13-14(21)11(20)9-12-15(13)23-19(28-3)18(22-12)27-2/h4-9H,1-3H3. The molecule has 0 unspecified atom stereocenters. The number of nitrogens with zero attached hydrogens (tertiary/aromatic N) is 5. The van der Waals surface area contributed by atoms with Gasteiger partial charge in [0.2, 0.25) is 0 Å². The number of methoxy groups -OCH3 is 2. The lowest BCUT2D eigenvalue weighted by Gasteiger charge is -2.12. The molecular formula is C19H15Cl2N5O2. The number of aryl methyl sites for hydroxylation is 1. The fourth-order valence-corrected chi connectivity index (χ4v) is 3.47. The Hall–Kier alpha value is -2.90. The van der Waals surface area contributed by atoms with Gasteiger partial charge in [-0.1, -0.05) is 58.7 Å². The molecule has 2 aromatic heterocycles. The van der Waals surface area contributed by atoms with Gasteiger partial charge in [0, 0.05) is 12.6 Å². The van der Waals surface area contributed by atoms with Crippen LogP contribution in [0, 0.1) is 0 Å². The number of fused-ring (bicyclic) bond motifs is 1. The van der Waals surface area contributed by atoms with Crippen molar-refractivity contribution in [3.05, 3.63) is 46.4 Å². The SMILES string of the molecule is COc1nc2cc(Cl)c(Cl)c(-c3nnn(C)c3-c3ccccc3)c2nc1OC. The molecule has 0 radical (unpaired) electrons. The maximum Gasteiger partial charge on any atom is 0.278 e. The van der Waals surface area contributed by atoms with Crippen molar-refractivity contribution in [2.24, 2.45) is 7.05 Å². The third-order valence-corrected chi connectivity index (χ3v) is 5.08. The van der Waals surface area contributed by atoms with Crippen LogP contribution >= 0.6 is 23.2 Å². The second kappa shape index (κ2) is 7.26. The normalized spacial score (nSPS) is 11.0. The van der Waals surface area contributed by atoms with E-state index in [4.69, 9.17) is 32.7 Å². The van der Waals surface area contributed by atoms with Gasteiger partial charge in [0.05, 0.1) is 41.0 Å². The maximum atomic E-state index is 6.60. The molecule has 0 aliphatic heterocycles. The van der Waals surface area contributed by atoms with Gasteiger partial charge in [-0.05, 0) is 6.07 Å². The van der Waals surface area contributed by atoms with Gasteiger partial charge in [-0.15, -0.1) is 5.10 Å². The van der Waals surface area contributed by atoms with Gasteiger partial charge in [-0.25, -0.2) is 14.6 Å². The molecule has 4 aromatic rings. The van der Waals surface area contributed by atoms with Crippen LogP contribution in [0.5, 0.6) is 11.8 Å². The van der Waals surface area contributed by atoms with Crippen LogP contribution in [-0.2, 0) is 7.05 Å². The Morgan fingerprint density at radius 2 is 1.64 bits per heavy atom. The number of halogens is 2. The van der Waals surface area contributed by atoms with E-state index in [2.05, 4.69) is 20.3 Å². The summed E-state index contributed by atoms with van der Waals surface area (Å²) in [6.07, 6.45) is 0. The number of benzene rings is 2. The zero-order chi connectivity index (χ0) is 19.8. The van der Waals surface area contributed by atoms with Crippen molar-refractivity contribution in [3.8, 4) is 34.3 Å². The van der Waals surface area contributed by atoms with Crippen LogP contribution in [0.25, 0.3) is 33.5 Å². The molecule has 4 rings (SSSR count). The third-order valence-electron chi connectivity index (χ3n) is 4.29. The predicted molar refractivity (Wildman–Crippen MR) is 108 cm³/mol. The summed E-state index contributed by atoms with van der Waals surface area (Å²) < 4.78 is 12.2. The summed E-state index contributed by atoms with van der Waals surface area (Å²) in [5.41, 5.74) is 3.79. The van der Waals surface area contributed by atoms with Gasteiger partial charge in [-0.2, -0.15) is 0 Å². The Balaban J connectivity index is 2.09. The van der Waals surface area contributed by atoms with Crippen molar-refractivity contribution in [2.45, 2.75) is 0 Å². The summed E-state index contributed by atoms with van der Waals surface area (Å²) in [5, 5.41) is 9.17. The van der Waals surface area contributed by atoms with E-state index in [1.54, 1.807) is 10.7 Å². The van der Waals surface area contributed by atoms with Crippen molar-refractivity contribution in [1.29, 1.82) is 0 Å². The molecular weight excluding hydrogens is 401 g/mol. The van der Waals surface area contributed by atoms with Crippen LogP contribution in [0.2, 0.25) is 10.0 Å². The van der Waals surface area contributed by atoms with Crippen LogP contribution in [0.4, 0.5) is 0 Å². The highest BCUT2D eigenvalue weighted by molar-refractivity contribution is 6.45. The summed E-state index contributed by atoms with van der Waals surface area (Å²) in [5.74, 6) is 0.488. The van der Waals surface area contributed by atoms with Gasteiger partial charge < -0.3 is 9.47 Å². The molecule has 0 aliphatic rings. The predicted octanol–water partition coefficient (Wildman–Crippen LogP) is 4.42. The zero-order valence-electron chi connectivity index (χ0n) is 15.3. The first kappa shape index (κ1) is 18.5. The first-order chi connectivity index (χ1) is 13.5. The molecule has 0 bridgehead atoms. The Bertz CT molecular complexity index is 1180. The van der Waals surface area contributed by atoms with Crippen molar-refractivity contribution < 1.29 is 9.47 Å². The largest absolute Gasteiger partial charge is 0.477 e. The monoisotopic (exact) mass is 415 g/mol. The first-order valence-electron chi connectivity index (χ1n) is 8.28. The van der Waals surface area contributed by atoms with E-state index >= 15 is 0 Å². The molecule has 2 heterocycles. The number of hydrogen-bond donors (Lipinski definition) is 0. The maximum absolute atomic E-state index is 6.60. The van der Waals surface area contributed by atoms with Gasteiger partial charge in [0.15, 0.2) is 0 Å². The number of rotatable bonds is 4. The van der Waals surface area contributed by atoms with Crippen LogP contribution in [0.15, 0.2) is 36.4 Å². The topological polar surface area (TPSA) is 75.0 Å². The number of ether oxygens (including phenoxy) is 2. The quantitative estimate of drug-likeness (QED) is 0.491. The van der Waals surface area contributed by atoms with E-state index in [1.165, 1.54) is 14.2 Å². The fraction of sp³-hybridized carbons (Fsp3) is 0.158. The molecule has 9 heteroatoms. The second-order valence-corrected chi connectivity index (χ2v) is 6.72. The number of aromatic nitrogens is 5. The average Bonchev–Trinajstić information content (AvgIpc) is 3.09. The van der Waals surface area contributed by atoms with Gasteiger partial charge in [0.25, 0.3) is 11.8 Å². The molecule has 0 atom stereocenters. The molecule has 142 valence electrons. The average molecular weight is 416 g/mol. The minimum Gasteiger partial charge on any atom is -0.477 e. The summed E-state index contributed by atoms with van der Waals surface area (Å²) >= 11 is 13.0. The minimum absolute atomic E-state index is 0.236. The van der Waals surface area contributed by atoms with Gasteiger partial charge in [-0.3, -0.25) is 0 Å². The Labute approximate surface area is 170 Å². The minimum atomic E-state index is 0.236. The lowest BCUT2D eigenvalue weighted by Crippen LogP contribution is -2.00. The summed E-state index contributed by atoms with van der Waals surface area (Å²) in [7, 11) is 4.80. The molecule has 0 spiro atoms. The van der Waals surface area contributed by atoms with Crippen molar-refractivity contribution in [1.82, 2.24) is 25.0 Å². The smallest absolute Gasteiger partial charge is 0.278 e. The Morgan fingerprint density at radius 3 is 2.32 bits per heavy atom. The van der Waals surface area contributed by atoms with E-state index in [0.717, 1.165) is 11.3 Å². The molecule has 0 amide bonds. The molecule has 0 N–H and O–H groups in total. The molecule has 7 nitrogen and oxygen atoms in total. The molecule has 0 saturated heterocycles. The van der Waals surface area contributed by atoms with Crippen LogP contribution in [-0.4, -0.2) is 39.2 Å². The van der Waals surface area contributed by atoms with Gasteiger partial charge >= 0.3 is 0 Å². The van der Waals surface area contributed by atoms with Crippen LogP contribution in [0.3, 0.4) is 0 Å². The highest BCUT2D eigenvalue weighted by Gasteiger charge is 2.24. The molecule has 2 aromatic carbocycles. The van der Waals surface area contributed by atoms with Crippen molar-refractivity contribution in [3.63, 3.8) is 0 Å². The van der Waals surface area contributed by atoms with E-state index in [-0.39, 0.29) is 11.8 Å². The third kappa shape index (κ3) is 2.93. The highest BCUT2D eigenvalue weighted by atomic mass is 35.5. The summed E-state index contributed by atoms with van der Waals surface area (Å²) in [4.78, 5) is 9.01.